The van der Waals surface area contributed by atoms with Gasteiger partial charge in [-0.25, -0.2) is 4.79 Å². The summed E-state index contributed by atoms with van der Waals surface area (Å²) in [7, 11) is 0. The van der Waals surface area contributed by atoms with Gasteiger partial charge in [-0.3, -0.25) is 4.99 Å². The monoisotopic (exact) mass is 246 g/mol. The average molecular weight is 246 g/mol. The van der Waals surface area contributed by atoms with E-state index in [0.717, 1.165) is 16.5 Å². The number of benzene rings is 1. The normalized spacial score (nSPS) is 11.9. The molecule has 94 valence electrons. The minimum atomic E-state index is -0.994. The van der Waals surface area contributed by atoms with Crippen LogP contribution in [0, 0.1) is 0 Å². The predicted octanol–water partition coefficient (Wildman–Crippen LogP) is 1.96. The first kappa shape index (κ1) is 12.2. The second-order valence-electron chi connectivity index (χ2n) is 4.07. The zero-order chi connectivity index (χ0) is 13.1. The Morgan fingerprint density at radius 3 is 2.94 bits per heavy atom. The predicted molar refractivity (Wildman–Crippen MR) is 69.3 cm³/mol. The van der Waals surface area contributed by atoms with Crippen LogP contribution in [-0.4, -0.2) is 33.4 Å². The topological polar surface area (TPSA) is 85.7 Å². The number of hydrogen-bond donors (Lipinski definition) is 3. The van der Waals surface area contributed by atoms with E-state index in [2.05, 4.69) is 9.98 Å². The Labute approximate surface area is 104 Å². The molecular weight excluding hydrogens is 232 g/mol. The summed E-state index contributed by atoms with van der Waals surface area (Å²) in [5, 5.41) is 19.1. The van der Waals surface area contributed by atoms with E-state index < -0.39 is 5.97 Å². The summed E-state index contributed by atoms with van der Waals surface area (Å²) in [6.45, 7) is 1.89. The fourth-order valence-corrected chi connectivity index (χ4v) is 1.78. The number of carboxylic acid groups (broad SMARTS) is 1. The molecule has 3 N–H and O–H groups in total. The first-order valence-corrected chi connectivity index (χ1v) is 5.61. The van der Waals surface area contributed by atoms with E-state index in [1.807, 2.05) is 6.20 Å². The van der Waals surface area contributed by atoms with Crippen LogP contribution in [0.4, 0.5) is 0 Å². The van der Waals surface area contributed by atoms with E-state index in [9.17, 15) is 9.90 Å². The first-order chi connectivity index (χ1) is 8.58. The highest BCUT2D eigenvalue weighted by atomic mass is 16.4. The molecule has 0 radical (unpaired) electrons. The zero-order valence-electron chi connectivity index (χ0n) is 9.97. The maximum atomic E-state index is 10.6. The molecule has 0 atom stereocenters. The van der Waals surface area contributed by atoms with Crippen molar-refractivity contribution >= 4 is 22.6 Å². The molecule has 1 aromatic carbocycles. The number of aromatic amines is 1. The van der Waals surface area contributed by atoms with Gasteiger partial charge in [0, 0.05) is 23.6 Å². The van der Waals surface area contributed by atoms with Crippen molar-refractivity contribution in [2.75, 3.05) is 6.54 Å². The van der Waals surface area contributed by atoms with Crippen molar-refractivity contribution in [2.45, 2.75) is 13.3 Å². The molecule has 18 heavy (non-hydrogen) atoms. The Balaban J connectivity index is 2.15. The Kier molecular flexibility index (Phi) is 3.32. The van der Waals surface area contributed by atoms with Crippen molar-refractivity contribution in [2.24, 2.45) is 4.99 Å². The van der Waals surface area contributed by atoms with Crippen LogP contribution < -0.4 is 0 Å². The number of hydrogen-bond acceptors (Lipinski definition) is 3. The largest absolute Gasteiger partial charge is 0.508 e. The van der Waals surface area contributed by atoms with Crippen LogP contribution >= 0.6 is 0 Å². The lowest BCUT2D eigenvalue weighted by Crippen LogP contribution is -2.09. The highest BCUT2D eigenvalue weighted by Crippen LogP contribution is 2.23. The number of rotatable bonds is 4. The average Bonchev–Trinajstić information content (AvgIpc) is 2.71. The van der Waals surface area contributed by atoms with E-state index in [0.29, 0.717) is 13.0 Å². The number of aromatic nitrogens is 1. The van der Waals surface area contributed by atoms with Crippen molar-refractivity contribution in [3.05, 3.63) is 30.0 Å². The maximum absolute atomic E-state index is 10.6. The number of nitrogens with one attached hydrogen (secondary N) is 1. The van der Waals surface area contributed by atoms with Crippen LogP contribution in [-0.2, 0) is 11.2 Å². The first-order valence-electron chi connectivity index (χ1n) is 5.61. The van der Waals surface area contributed by atoms with Crippen LogP contribution in [0.5, 0.6) is 5.75 Å². The molecule has 0 bridgehead atoms. The summed E-state index contributed by atoms with van der Waals surface area (Å²) >= 11 is 0. The van der Waals surface area contributed by atoms with Crippen LogP contribution in [0.15, 0.2) is 29.4 Å². The van der Waals surface area contributed by atoms with Gasteiger partial charge in [-0.15, -0.1) is 0 Å². The van der Waals surface area contributed by atoms with Gasteiger partial charge in [0.25, 0.3) is 0 Å². The molecule has 0 aliphatic carbocycles. The minimum Gasteiger partial charge on any atom is -0.508 e. The van der Waals surface area contributed by atoms with E-state index >= 15 is 0 Å². The van der Waals surface area contributed by atoms with Crippen molar-refractivity contribution < 1.29 is 15.0 Å². The van der Waals surface area contributed by atoms with Crippen molar-refractivity contribution in [3.63, 3.8) is 0 Å². The number of phenols is 1. The van der Waals surface area contributed by atoms with E-state index in [1.54, 1.807) is 18.2 Å². The Morgan fingerprint density at radius 1 is 1.44 bits per heavy atom. The lowest BCUT2D eigenvalue weighted by Gasteiger charge is -1.98. The van der Waals surface area contributed by atoms with Gasteiger partial charge < -0.3 is 15.2 Å². The van der Waals surface area contributed by atoms with Gasteiger partial charge in [0.1, 0.15) is 11.5 Å². The number of fused-ring (bicyclic) bond motifs is 1. The molecule has 0 spiro atoms. The molecule has 0 fully saturated rings. The third-order valence-corrected chi connectivity index (χ3v) is 2.79. The van der Waals surface area contributed by atoms with Gasteiger partial charge in [-0.2, -0.15) is 0 Å². The van der Waals surface area contributed by atoms with Gasteiger partial charge in [0.2, 0.25) is 0 Å². The SMILES string of the molecule is CC(=NCCc1c[nH]c2ccc(O)cc12)C(=O)O. The number of phenolic OH excluding ortho intramolecular Hbond substituents is 1. The van der Waals surface area contributed by atoms with Crippen LogP contribution in [0.2, 0.25) is 0 Å². The molecule has 2 rings (SSSR count). The molecule has 1 heterocycles. The summed E-state index contributed by atoms with van der Waals surface area (Å²) in [5.74, 6) is -0.778. The molecule has 0 aliphatic rings. The van der Waals surface area contributed by atoms with Gasteiger partial charge >= 0.3 is 5.97 Å². The Hall–Kier alpha value is -2.30. The van der Waals surface area contributed by atoms with Gasteiger partial charge in [0.15, 0.2) is 0 Å². The molecule has 0 unspecified atom stereocenters. The molecule has 0 amide bonds. The molecular formula is C13H14N2O3. The second-order valence-corrected chi connectivity index (χ2v) is 4.07. The lowest BCUT2D eigenvalue weighted by atomic mass is 10.1. The smallest absolute Gasteiger partial charge is 0.349 e. The number of aliphatic carboxylic acids is 1. The fourth-order valence-electron chi connectivity index (χ4n) is 1.78. The summed E-state index contributed by atoms with van der Waals surface area (Å²) in [6.07, 6.45) is 2.49. The van der Waals surface area contributed by atoms with Crippen molar-refractivity contribution in [1.82, 2.24) is 4.98 Å². The van der Waals surface area contributed by atoms with Crippen LogP contribution in [0.3, 0.4) is 0 Å². The van der Waals surface area contributed by atoms with Crippen molar-refractivity contribution in [1.29, 1.82) is 0 Å². The molecule has 2 aromatic rings. The number of carboxylic acids is 1. The third kappa shape index (κ3) is 2.51. The van der Waals surface area contributed by atoms with Gasteiger partial charge in [-0.1, -0.05) is 0 Å². The number of aromatic hydroxyl groups is 1. The highest BCUT2D eigenvalue weighted by molar-refractivity contribution is 6.34. The van der Waals surface area contributed by atoms with Gasteiger partial charge in [0.05, 0.1) is 0 Å². The minimum absolute atomic E-state index is 0.109. The van der Waals surface area contributed by atoms with E-state index in [1.165, 1.54) is 6.92 Å². The molecule has 5 heteroatoms. The zero-order valence-corrected chi connectivity index (χ0v) is 9.97. The van der Waals surface area contributed by atoms with Crippen LogP contribution in [0.1, 0.15) is 12.5 Å². The number of carbonyl (C=O) groups is 1. The van der Waals surface area contributed by atoms with Crippen molar-refractivity contribution in [3.8, 4) is 5.75 Å². The summed E-state index contributed by atoms with van der Waals surface area (Å²) in [4.78, 5) is 17.6. The number of H-pyrrole nitrogens is 1. The fraction of sp³-hybridized carbons (Fsp3) is 0.231. The molecule has 1 aromatic heterocycles. The summed E-state index contributed by atoms with van der Waals surface area (Å²) in [5.41, 5.74) is 2.07. The van der Waals surface area contributed by atoms with E-state index in [-0.39, 0.29) is 11.5 Å². The summed E-state index contributed by atoms with van der Waals surface area (Å²) in [6, 6.07) is 5.12. The Morgan fingerprint density at radius 2 is 2.22 bits per heavy atom. The highest BCUT2D eigenvalue weighted by Gasteiger charge is 2.05. The summed E-state index contributed by atoms with van der Waals surface area (Å²) < 4.78 is 0. The maximum Gasteiger partial charge on any atom is 0.349 e. The quantitative estimate of drug-likeness (QED) is 0.721. The third-order valence-electron chi connectivity index (χ3n) is 2.79. The molecule has 0 saturated carbocycles. The molecule has 0 aliphatic heterocycles. The number of aliphatic imine (C=N–C) groups is 1. The number of nitrogens with zero attached hydrogens (tertiary/aromatic N) is 1. The Bertz CT molecular complexity index is 614. The molecule has 0 saturated heterocycles. The van der Waals surface area contributed by atoms with Crippen LogP contribution in [0.25, 0.3) is 10.9 Å². The lowest BCUT2D eigenvalue weighted by molar-refractivity contribution is -0.129. The molecule has 5 nitrogen and oxygen atoms in total. The van der Waals surface area contributed by atoms with Gasteiger partial charge in [-0.05, 0) is 37.1 Å². The van der Waals surface area contributed by atoms with E-state index in [4.69, 9.17) is 5.11 Å². The standard InChI is InChI=1S/C13H14N2O3/c1-8(13(17)18)14-5-4-9-7-15-12-3-2-10(16)6-11(9)12/h2-3,6-7,15-16H,4-5H2,1H3,(H,17,18). The second kappa shape index (κ2) is 4.91.